The van der Waals surface area contributed by atoms with E-state index in [4.69, 9.17) is 4.74 Å². The zero-order chi connectivity index (χ0) is 20.8. The summed E-state index contributed by atoms with van der Waals surface area (Å²) >= 11 is 0. The van der Waals surface area contributed by atoms with E-state index in [1.807, 2.05) is 0 Å². The molecular formula is C18H12F5NO4. The summed E-state index contributed by atoms with van der Waals surface area (Å²) in [5, 5.41) is 1.48. The molecule has 28 heavy (non-hydrogen) atoms. The number of methoxy groups -OCH3 is 1. The highest BCUT2D eigenvalue weighted by atomic mass is 19.2. The van der Waals surface area contributed by atoms with Crippen molar-refractivity contribution in [3.8, 4) is 5.75 Å². The lowest BCUT2D eigenvalue weighted by Crippen LogP contribution is -2.22. The van der Waals surface area contributed by atoms with E-state index >= 15 is 0 Å². The van der Waals surface area contributed by atoms with Crippen molar-refractivity contribution in [3.63, 3.8) is 0 Å². The molecule has 2 rings (SSSR count). The number of anilines is 1. The van der Waals surface area contributed by atoms with Crippen LogP contribution in [0, 0.1) is 29.1 Å². The molecule has 2 aromatic carbocycles. The highest BCUT2D eigenvalue weighted by molar-refractivity contribution is 5.95. The standard InChI is InChI=1S/C18H12F5NO4/c1-27-10-5-3-2-4-9(10)6-7-12(26)28-8-11(25)24-18-16(22)14(20)13(19)15(21)17(18)23/h2-7H,8H2,1H3,(H,24,25)/b7-6+. The molecule has 148 valence electrons. The Morgan fingerprint density at radius 3 is 2.14 bits per heavy atom. The maximum absolute atomic E-state index is 13.5. The molecule has 0 aliphatic heterocycles. The third-order valence-corrected chi connectivity index (χ3v) is 3.36. The minimum atomic E-state index is -2.36. The molecular weight excluding hydrogens is 389 g/mol. The summed E-state index contributed by atoms with van der Waals surface area (Å²) < 4.78 is 75.7. The maximum Gasteiger partial charge on any atom is 0.331 e. The smallest absolute Gasteiger partial charge is 0.331 e. The molecule has 0 saturated heterocycles. The molecule has 0 heterocycles. The van der Waals surface area contributed by atoms with Crippen LogP contribution in [0.1, 0.15) is 5.56 Å². The fraction of sp³-hybridized carbons (Fsp3) is 0.111. The molecule has 1 amide bonds. The first-order valence-corrected chi connectivity index (χ1v) is 7.55. The van der Waals surface area contributed by atoms with Crippen LogP contribution in [0.2, 0.25) is 0 Å². The van der Waals surface area contributed by atoms with E-state index in [1.165, 1.54) is 18.5 Å². The lowest BCUT2D eigenvalue weighted by molar-refractivity contribution is -0.142. The van der Waals surface area contributed by atoms with Crippen LogP contribution in [0.25, 0.3) is 6.08 Å². The van der Waals surface area contributed by atoms with Crippen molar-refractivity contribution in [2.45, 2.75) is 0 Å². The first-order chi connectivity index (χ1) is 13.3. The van der Waals surface area contributed by atoms with E-state index in [0.29, 0.717) is 11.3 Å². The van der Waals surface area contributed by atoms with Crippen molar-refractivity contribution < 1.29 is 41.0 Å². The molecule has 0 radical (unpaired) electrons. The van der Waals surface area contributed by atoms with Gasteiger partial charge in [-0.1, -0.05) is 18.2 Å². The number of nitrogens with one attached hydrogen (secondary N) is 1. The van der Waals surface area contributed by atoms with Crippen LogP contribution >= 0.6 is 0 Å². The van der Waals surface area contributed by atoms with Gasteiger partial charge in [-0.25, -0.2) is 26.7 Å². The molecule has 0 bridgehead atoms. The average molecular weight is 401 g/mol. The normalized spacial score (nSPS) is 10.8. The molecule has 0 spiro atoms. The number of rotatable bonds is 6. The summed E-state index contributed by atoms with van der Waals surface area (Å²) in [7, 11) is 1.43. The fourth-order valence-corrected chi connectivity index (χ4v) is 2.04. The van der Waals surface area contributed by atoms with E-state index in [0.717, 1.165) is 6.08 Å². The van der Waals surface area contributed by atoms with Crippen molar-refractivity contribution in [1.29, 1.82) is 0 Å². The summed E-state index contributed by atoms with van der Waals surface area (Å²) in [6.07, 6.45) is 2.30. The topological polar surface area (TPSA) is 64.6 Å². The third kappa shape index (κ3) is 4.64. The third-order valence-electron chi connectivity index (χ3n) is 3.36. The van der Waals surface area contributed by atoms with E-state index in [2.05, 4.69) is 4.74 Å². The van der Waals surface area contributed by atoms with Gasteiger partial charge >= 0.3 is 5.97 Å². The van der Waals surface area contributed by atoms with Gasteiger partial charge in [-0.2, -0.15) is 0 Å². The number of hydrogen-bond donors (Lipinski definition) is 1. The van der Waals surface area contributed by atoms with Gasteiger partial charge in [-0.15, -0.1) is 0 Å². The molecule has 0 fully saturated rings. The van der Waals surface area contributed by atoms with Crippen molar-refractivity contribution in [1.82, 2.24) is 0 Å². The Balaban J connectivity index is 2.00. The summed E-state index contributed by atoms with van der Waals surface area (Å²) in [4.78, 5) is 23.2. The Bertz CT molecular complexity index is 917. The molecule has 0 atom stereocenters. The van der Waals surface area contributed by atoms with Crippen LogP contribution in [0.5, 0.6) is 5.75 Å². The highest BCUT2D eigenvalue weighted by Gasteiger charge is 2.26. The minimum Gasteiger partial charge on any atom is -0.496 e. The SMILES string of the molecule is COc1ccccc1/C=C/C(=O)OCC(=O)Nc1c(F)c(F)c(F)c(F)c1F. The van der Waals surface area contributed by atoms with E-state index in [9.17, 15) is 31.5 Å². The molecule has 5 nitrogen and oxygen atoms in total. The monoisotopic (exact) mass is 401 g/mol. The number of hydrogen-bond acceptors (Lipinski definition) is 4. The molecule has 2 aromatic rings. The molecule has 0 unspecified atom stereocenters. The fourth-order valence-electron chi connectivity index (χ4n) is 2.04. The van der Waals surface area contributed by atoms with Crippen molar-refractivity contribution in [2.24, 2.45) is 0 Å². The number of ether oxygens (including phenoxy) is 2. The van der Waals surface area contributed by atoms with Gasteiger partial charge < -0.3 is 14.8 Å². The van der Waals surface area contributed by atoms with Crippen molar-refractivity contribution in [2.75, 3.05) is 19.0 Å². The Hall–Kier alpha value is -3.43. The number of halogens is 5. The number of carbonyl (C=O) groups excluding carboxylic acids is 2. The number of amides is 1. The zero-order valence-electron chi connectivity index (χ0n) is 14.2. The van der Waals surface area contributed by atoms with Crippen LogP contribution < -0.4 is 10.1 Å². The van der Waals surface area contributed by atoms with Gasteiger partial charge in [0.1, 0.15) is 11.4 Å². The number of para-hydroxylation sites is 1. The van der Waals surface area contributed by atoms with E-state index < -0.39 is 53.3 Å². The predicted octanol–water partition coefficient (Wildman–Crippen LogP) is 3.59. The zero-order valence-corrected chi connectivity index (χ0v) is 14.2. The van der Waals surface area contributed by atoms with E-state index in [-0.39, 0.29) is 0 Å². The van der Waals surface area contributed by atoms with Crippen molar-refractivity contribution in [3.05, 3.63) is 65.0 Å². The van der Waals surface area contributed by atoms with Crippen LogP contribution in [0.4, 0.5) is 27.6 Å². The van der Waals surface area contributed by atoms with Gasteiger partial charge in [-0.05, 0) is 12.1 Å². The second kappa shape index (κ2) is 8.98. The summed E-state index contributed by atoms with van der Waals surface area (Å²) in [5.74, 6) is -13.0. The molecule has 10 heteroatoms. The van der Waals surface area contributed by atoms with Crippen molar-refractivity contribution >= 4 is 23.6 Å². The van der Waals surface area contributed by atoms with Crippen LogP contribution in [-0.2, 0) is 14.3 Å². The number of carbonyl (C=O) groups is 2. The molecule has 0 aromatic heterocycles. The first-order valence-electron chi connectivity index (χ1n) is 7.55. The van der Waals surface area contributed by atoms with Gasteiger partial charge in [0, 0.05) is 11.6 Å². The molecule has 1 N–H and O–H groups in total. The quantitative estimate of drug-likeness (QED) is 0.264. The Morgan fingerprint density at radius 1 is 0.964 bits per heavy atom. The number of esters is 1. The minimum absolute atomic E-state index is 0.468. The predicted molar refractivity (Wildman–Crippen MR) is 87.8 cm³/mol. The molecule has 0 aliphatic rings. The maximum atomic E-state index is 13.5. The van der Waals surface area contributed by atoms with Crippen LogP contribution in [0.15, 0.2) is 30.3 Å². The van der Waals surface area contributed by atoms with Crippen LogP contribution in [0.3, 0.4) is 0 Å². The molecule has 0 saturated carbocycles. The van der Waals surface area contributed by atoms with Gasteiger partial charge in [-0.3, -0.25) is 4.79 Å². The van der Waals surface area contributed by atoms with Crippen LogP contribution in [-0.4, -0.2) is 25.6 Å². The largest absolute Gasteiger partial charge is 0.496 e. The van der Waals surface area contributed by atoms with Gasteiger partial charge in [0.05, 0.1) is 7.11 Å². The van der Waals surface area contributed by atoms with Gasteiger partial charge in [0.25, 0.3) is 5.91 Å². The lowest BCUT2D eigenvalue weighted by Gasteiger charge is -2.09. The summed E-state index contributed by atoms with van der Waals surface area (Å²) in [6.45, 7) is -1.02. The molecule has 0 aliphatic carbocycles. The van der Waals surface area contributed by atoms with Gasteiger partial charge in [0.15, 0.2) is 29.9 Å². The second-order valence-electron chi connectivity index (χ2n) is 5.18. The Kier molecular flexibility index (Phi) is 6.69. The lowest BCUT2D eigenvalue weighted by atomic mass is 10.2. The highest BCUT2D eigenvalue weighted by Crippen LogP contribution is 2.27. The average Bonchev–Trinajstić information content (AvgIpc) is 2.71. The summed E-state index contributed by atoms with van der Waals surface area (Å²) in [5.41, 5.74) is -1.00. The Morgan fingerprint density at radius 2 is 1.54 bits per heavy atom. The van der Waals surface area contributed by atoms with Gasteiger partial charge in [0.2, 0.25) is 5.82 Å². The first kappa shape index (κ1) is 20.9. The summed E-state index contributed by atoms with van der Waals surface area (Å²) in [6, 6.07) is 6.67. The Labute approximate surface area is 155 Å². The second-order valence-corrected chi connectivity index (χ2v) is 5.18. The number of benzene rings is 2. The van der Waals surface area contributed by atoms with E-state index in [1.54, 1.807) is 24.3 Å².